The van der Waals surface area contributed by atoms with Crippen molar-refractivity contribution in [2.75, 3.05) is 26.2 Å². The summed E-state index contributed by atoms with van der Waals surface area (Å²) in [4.78, 5) is 12.2. The predicted octanol–water partition coefficient (Wildman–Crippen LogP) is 3.23. The molecule has 2 aliphatic rings. The molecule has 0 unspecified atom stereocenters. The van der Waals surface area contributed by atoms with Crippen molar-refractivity contribution < 1.29 is 9.53 Å². The van der Waals surface area contributed by atoms with Crippen LogP contribution < -0.4 is 10.6 Å². The number of nitrogens with one attached hydrogen (secondary N) is 2. The lowest BCUT2D eigenvalue weighted by Gasteiger charge is -2.23. The van der Waals surface area contributed by atoms with E-state index in [-0.39, 0.29) is 5.91 Å². The molecule has 2 fully saturated rings. The van der Waals surface area contributed by atoms with Gasteiger partial charge < -0.3 is 15.4 Å². The van der Waals surface area contributed by atoms with Crippen molar-refractivity contribution in [3.8, 4) is 0 Å². The van der Waals surface area contributed by atoms with E-state index in [0.717, 1.165) is 31.7 Å². The maximum Gasteiger partial charge on any atom is 0.251 e. The summed E-state index contributed by atoms with van der Waals surface area (Å²) in [5.74, 6) is 0.604. The Kier molecular flexibility index (Phi) is 6.67. The SMILES string of the molecule is O=C(NCCCOC1CCCC1)c1ccc([C@@H]2CCCNC2)cc1. The zero-order chi connectivity index (χ0) is 16.6. The first-order valence-corrected chi connectivity index (χ1v) is 9.53. The van der Waals surface area contributed by atoms with Gasteiger partial charge in [0.1, 0.15) is 0 Å². The Hall–Kier alpha value is -1.39. The van der Waals surface area contributed by atoms with Crippen LogP contribution in [-0.4, -0.2) is 38.3 Å². The third-order valence-electron chi connectivity index (χ3n) is 5.20. The summed E-state index contributed by atoms with van der Waals surface area (Å²) >= 11 is 0. The highest BCUT2D eigenvalue weighted by Crippen LogP contribution is 2.23. The number of benzene rings is 1. The number of carbonyl (C=O) groups excluding carboxylic acids is 1. The van der Waals surface area contributed by atoms with Crippen LogP contribution in [-0.2, 0) is 4.74 Å². The molecule has 1 aliphatic carbocycles. The maximum absolute atomic E-state index is 12.2. The Morgan fingerprint density at radius 2 is 1.92 bits per heavy atom. The molecule has 1 saturated carbocycles. The summed E-state index contributed by atoms with van der Waals surface area (Å²) in [5, 5.41) is 6.43. The fourth-order valence-corrected chi connectivity index (χ4v) is 3.72. The summed E-state index contributed by atoms with van der Waals surface area (Å²) in [7, 11) is 0. The van der Waals surface area contributed by atoms with Crippen LogP contribution in [0.1, 0.15) is 66.8 Å². The van der Waals surface area contributed by atoms with Crippen molar-refractivity contribution in [1.82, 2.24) is 10.6 Å². The van der Waals surface area contributed by atoms with Crippen molar-refractivity contribution in [3.05, 3.63) is 35.4 Å². The van der Waals surface area contributed by atoms with Gasteiger partial charge in [-0.2, -0.15) is 0 Å². The Morgan fingerprint density at radius 1 is 1.12 bits per heavy atom. The normalized spacial score (nSPS) is 21.8. The quantitative estimate of drug-likeness (QED) is 0.755. The number of carbonyl (C=O) groups is 1. The molecule has 1 atom stereocenters. The highest BCUT2D eigenvalue weighted by atomic mass is 16.5. The van der Waals surface area contributed by atoms with E-state index in [1.807, 2.05) is 12.1 Å². The van der Waals surface area contributed by atoms with E-state index < -0.39 is 0 Å². The largest absolute Gasteiger partial charge is 0.378 e. The van der Waals surface area contributed by atoms with Gasteiger partial charge in [0.25, 0.3) is 5.91 Å². The molecule has 3 rings (SSSR count). The van der Waals surface area contributed by atoms with Crippen LogP contribution in [0.2, 0.25) is 0 Å². The number of hydrogen-bond donors (Lipinski definition) is 2. The standard InChI is InChI=1S/C20H30N2O2/c23-20(22-13-4-14-24-19-6-1-2-7-19)17-10-8-16(9-11-17)18-5-3-12-21-15-18/h8-11,18-19,21H,1-7,12-15H2,(H,22,23)/t18-/m1/s1. The van der Waals surface area contributed by atoms with Crippen molar-refractivity contribution in [2.24, 2.45) is 0 Å². The summed E-state index contributed by atoms with van der Waals surface area (Å²) < 4.78 is 5.82. The average Bonchev–Trinajstić information content (AvgIpc) is 3.16. The Bertz CT molecular complexity index is 503. The number of piperidine rings is 1. The molecule has 0 aromatic heterocycles. The molecule has 132 valence electrons. The van der Waals surface area contributed by atoms with Gasteiger partial charge >= 0.3 is 0 Å². The van der Waals surface area contributed by atoms with Gasteiger partial charge in [-0.3, -0.25) is 4.79 Å². The molecule has 0 bridgehead atoms. The Labute approximate surface area is 145 Å². The van der Waals surface area contributed by atoms with Crippen molar-refractivity contribution in [3.63, 3.8) is 0 Å². The van der Waals surface area contributed by atoms with Crippen molar-refractivity contribution >= 4 is 5.91 Å². The molecule has 24 heavy (non-hydrogen) atoms. The Balaban J connectivity index is 1.36. The van der Waals surface area contributed by atoms with Crippen molar-refractivity contribution in [2.45, 2.75) is 57.0 Å². The minimum absolute atomic E-state index is 0.0178. The fourth-order valence-electron chi connectivity index (χ4n) is 3.72. The van der Waals surface area contributed by atoms with Crippen LogP contribution in [0, 0.1) is 0 Å². The second kappa shape index (κ2) is 9.19. The first-order valence-electron chi connectivity index (χ1n) is 9.53. The van der Waals surface area contributed by atoms with Gasteiger partial charge in [-0.1, -0.05) is 25.0 Å². The molecule has 0 radical (unpaired) electrons. The average molecular weight is 330 g/mol. The molecule has 0 spiro atoms. The fraction of sp³-hybridized carbons (Fsp3) is 0.650. The number of rotatable bonds is 7. The van der Waals surface area contributed by atoms with Gasteiger partial charge in [0, 0.05) is 25.3 Å². The second-order valence-electron chi connectivity index (χ2n) is 7.05. The van der Waals surface area contributed by atoms with Crippen LogP contribution in [0.5, 0.6) is 0 Å². The highest BCUT2D eigenvalue weighted by molar-refractivity contribution is 5.94. The third-order valence-corrected chi connectivity index (χ3v) is 5.20. The first-order chi connectivity index (χ1) is 11.8. The van der Waals surface area contributed by atoms with E-state index >= 15 is 0 Å². The minimum atomic E-state index is 0.0178. The summed E-state index contributed by atoms with van der Waals surface area (Å²) in [6, 6.07) is 8.12. The van der Waals surface area contributed by atoms with E-state index in [1.165, 1.54) is 44.1 Å². The van der Waals surface area contributed by atoms with Gasteiger partial charge in [-0.15, -0.1) is 0 Å². The van der Waals surface area contributed by atoms with Gasteiger partial charge in [0.2, 0.25) is 0 Å². The van der Waals surface area contributed by atoms with Crippen LogP contribution in [0.4, 0.5) is 0 Å². The highest BCUT2D eigenvalue weighted by Gasteiger charge is 2.16. The lowest BCUT2D eigenvalue weighted by Crippen LogP contribution is -2.28. The van der Waals surface area contributed by atoms with Crippen LogP contribution >= 0.6 is 0 Å². The number of ether oxygens (including phenoxy) is 1. The molecule has 1 aliphatic heterocycles. The minimum Gasteiger partial charge on any atom is -0.378 e. The third kappa shape index (κ3) is 5.05. The summed E-state index contributed by atoms with van der Waals surface area (Å²) in [5.41, 5.74) is 2.09. The summed E-state index contributed by atoms with van der Waals surface area (Å²) in [6.45, 7) is 3.60. The van der Waals surface area contributed by atoms with E-state index in [1.54, 1.807) is 0 Å². The van der Waals surface area contributed by atoms with Crippen LogP contribution in [0.25, 0.3) is 0 Å². The molecule has 1 heterocycles. The summed E-state index contributed by atoms with van der Waals surface area (Å²) in [6.07, 6.45) is 8.82. The van der Waals surface area contributed by atoms with E-state index in [9.17, 15) is 4.79 Å². The predicted molar refractivity (Wildman–Crippen MR) is 96.4 cm³/mol. The van der Waals surface area contributed by atoms with E-state index in [2.05, 4.69) is 22.8 Å². The molecule has 1 aromatic carbocycles. The second-order valence-corrected chi connectivity index (χ2v) is 7.05. The topological polar surface area (TPSA) is 50.4 Å². The molecule has 1 aromatic rings. The number of hydrogen-bond acceptors (Lipinski definition) is 3. The lowest BCUT2D eigenvalue weighted by molar-refractivity contribution is 0.0565. The monoisotopic (exact) mass is 330 g/mol. The van der Waals surface area contributed by atoms with Gasteiger partial charge in [0.05, 0.1) is 6.10 Å². The van der Waals surface area contributed by atoms with Gasteiger partial charge in [-0.25, -0.2) is 0 Å². The van der Waals surface area contributed by atoms with Gasteiger partial charge in [-0.05, 0) is 62.3 Å². The first kappa shape index (κ1) is 17.4. The maximum atomic E-state index is 12.2. The molecular formula is C20H30N2O2. The molecule has 4 nitrogen and oxygen atoms in total. The zero-order valence-electron chi connectivity index (χ0n) is 14.6. The molecule has 1 amide bonds. The lowest BCUT2D eigenvalue weighted by atomic mass is 9.91. The van der Waals surface area contributed by atoms with E-state index in [4.69, 9.17) is 4.74 Å². The zero-order valence-corrected chi connectivity index (χ0v) is 14.6. The molecule has 2 N–H and O–H groups in total. The van der Waals surface area contributed by atoms with Crippen LogP contribution in [0.15, 0.2) is 24.3 Å². The van der Waals surface area contributed by atoms with E-state index in [0.29, 0.717) is 18.6 Å². The van der Waals surface area contributed by atoms with Crippen LogP contribution in [0.3, 0.4) is 0 Å². The Morgan fingerprint density at radius 3 is 2.62 bits per heavy atom. The molecule has 4 heteroatoms. The molecule has 1 saturated heterocycles. The number of amides is 1. The van der Waals surface area contributed by atoms with Gasteiger partial charge in [0.15, 0.2) is 0 Å². The molecular weight excluding hydrogens is 300 g/mol. The smallest absolute Gasteiger partial charge is 0.251 e. The van der Waals surface area contributed by atoms with Crippen molar-refractivity contribution in [1.29, 1.82) is 0 Å².